The molecule has 3 atom stereocenters. The molecule has 0 aromatic heterocycles. The van der Waals surface area contributed by atoms with Crippen LogP contribution in [0.5, 0.6) is 11.5 Å². The lowest BCUT2D eigenvalue weighted by molar-refractivity contribution is -0.0677. The van der Waals surface area contributed by atoms with E-state index in [0.29, 0.717) is 0 Å². The summed E-state index contributed by atoms with van der Waals surface area (Å²) in [4.78, 5) is 0. The zero-order chi connectivity index (χ0) is 15.5. The molecular weight excluding hydrogens is 280 g/mol. The van der Waals surface area contributed by atoms with Gasteiger partial charge in [-0.05, 0) is 36.8 Å². The summed E-state index contributed by atoms with van der Waals surface area (Å²) in [6.07, 6.45) is -0.452. The highest BCUT2D eigenvalue weighted by atomic mass is 16.7. The molecule has 0 amide bonds. The third-order valence-electron chi connectivity index (χ3n) is 3.87. The van der Waals surface area contributed by atoms with Gasteiger partial charge in [0.2, 0.25) is 0 Å². The van der Waals surface area contributed by atoms with E-state index in [2.05, 4.69) is 0 Å². The van der Waals surface area contributed by atoms with Gasteiger partial charge in [0.25, 0.3) is 0 Å². The van der Waals surface area contributed by atoms with E-state index >= 15 is 0 Å². The fraction of sp³-hybridized carbons (Fsp3) is 0.333. The average Bonchev–Trinajstić information content (AvgIpc) is 2.97. The van der Waals surface area contributed by atoms with Crippen LogP contribution >= 0.6 is 0 Å². The Labute approximate surface area is 130 Å². The largest absolute Gasteiger partial charge is 0.497 e. The van der Waals surface area contributed by atoms with Crippen LogP contribution in [-0.2, 0) is 9.47 Å². The summed E-state index contributed by atoms with van der Waals surface area (Å²) >= 11 is 0. The molecule has 0 radical (unpaired) electrons. The number of ether oxygens (including phenoxy) is 4. The molecule has 0 unspecified atom stereocenters. The van der Waals surface area contributed by atoms with Crippen molar-refractivity contribution in [2.75, 3.05) is 14.2 Å². The second-order valence-electron chi connectivity index (χ2n) is 5.28. The molecule has 1 saturated heterocycles. The van der Waals surface area contributed by atoms with E-state index in [1.165, 1.54) is 0 Å². The minimum absolute atomic E-state index is 0.0134. The van der Waals surface area contributed by atoms with Gasteiger partial charge in [-0.25, -0.2) is 0 Å². The van der Waals surface area contributed by atoms with E-state index < -0.39 is 0 Å². The molecule has 116 valence electrons. The highest BCUT2D eigenvalue weighted by Crippen LogP contribution is 2.40. The number of benzene rings is 2. The van der Waals surface area contributed by atoms with Crippen LogP contribution in [0.3, 0.4) is 0 Å². The molecule has 1 heterocycles. The summed E-state index contributed by atoms with van der Waals surface area (Å²) in [7, 11) is 3.31. The van der Waals surface area contributed by atoms with Gasteiger partial charge in [-0.1, -0.05) is 24.3 Å². The Morgan fingerprint density at radius 3 is 1.73 bits per heavy atom. The molecule has 0 aliphatic carbocycles. The Morgan fingerprint density at radius 1 is 0.727 bits per heavy atom. The highest BCUT2D eigenvalue weighted by Gasteiger charge is 2.34. The molecule has 0 spiro atoms. The van der Waals surface area contributed by atoms with E-state index in [4.69, 9.17) is 18.9 Å². The standard InChI is InChI=1S/C18H20O4/c1-12-17(13-4-8-15(19-2)9-5-13)22-18(21-12)14-6-10-16(20-3)11-7-14/h4-12,17-18H,1-3H3/t12-,17-,18+/m1/s1. The molecular formula is C18H20O4. The van der Waals surface area contributed by atoms with Crippen molar-refractivity contribution in [2.45, 2.75) is 25.4 Å². The van der Waals surface area contributed by atoms with Crippen LogP contribution in [0, 0.1) is 0 Å². The van der Waals surface area contributed by atoms with Crippen LogP contribution in [0.25, 0.3) is 0 Å². The first-order chi connectivity index (χ1) is 10.7. The summed E-state index contributed by atoms with van der Waals surface area (Å²) < 4.78 is 22.4. The van der Waals surface area contributed by atoms with E-state index in [-0.39, 0.29) is 18.5 Å². The van der Waals surface area contributed by atoms with Crippen molar-refractivity contribution in [3.63, 3.8) is 0 Å². The predicted molar refractivity (Wildman–Crippen MR) is 83.1 cm³/mol. The van der Waals surface area contributed by atoms with Crippen molar-refractivity contribution < 1.29 is 18.9 Å². The van der Waals surface area contributed by atoms with Gasteiger partial charge in [0, 0.05) is 5.56 Å². The molecule has 1 fully saturated rings. The molecule has 0 bridgehead atoms. The second-order valence-corrected chi connectivity index (χ2v) is 5.28. The number of rotatable bonds is 4. The molecule has 1 aliphatic heterocycles. The summed E-state index contributed by atoms with van der Waals surface area (Å²) in [6.45, 7) is 2.03. The van der Waals surface area contributed by atoms with E-state index in [9.17, 15) is 0 Å². The maximum Gasteiger partial charge on any atom is 0.185 e. The first-order valence-electron chi connectivity index (χ1n) is 7.30. The molecule has 2 aromatic carbocycles. The normalized spacial score (nSPS) is 24.2. The van der Waals surface area contributed by atoms with Crippen molar-refractivity contribution in [3.05, 3.63) is 59.7 Å². The van der Waals surface area contributed by atoms with Crippen molar-refractivity contribution in [1.82, 2.24) is 0 Å². The lowest BCUT2D eigenvalue weighted by Gasteiger charge is -2.14. The van der Waals surface area contributed by atoms with Gasteiger partial charge in [0.15, 0.2) is 6.29 Å². The third kappa shape index (κ3) is 2.93. The van der Waals surface area contributed by atoms with Crippen molar-refractivity contribution in [2.24, 2.45) is 0 Å². The molecule has 22 heavy (non-hydrogen) atoms. The lowest BCUT2D eigenvalue weighted by atomic mass is 10.1. The number of hydrogen-bond acceptors (Lipinski definition) is 4. The maximum atomic E-state index is 6.09. The Kier molecular flexibility index (Phi) is 4.32. The minimum Gasteiger partial charge on any atom is -0.497 e. The van der Waals surface area contributed by atoms with Crippen molar-refractivity contribution >= 4 is 0 Å². The quantitative estimate of drug-likeness (QED) is 0.858. The highest BCUT2D eigenvalue weighted by molar-refractivity contribution is 5.31. The fourth-order valence-corrected chi connectivity index (χ4v) is 2.60. The summed E-state index contributed by atoms with van der Waals surface area (Å²) in [5.41, 5.74) is 2.08. The third-order valence-corrected chi connectivity index (χ3v) is 3.87. The molecule has 3 rings (SSSR count). The molecule has 0 N–H and O–H groups in total. The first kappa shape index (κ1) is 14.9. The Hall–Kier alpha value is -2.04. The van der Waals surface area contributed by atoms with Crippen molar-refractivity contribution in [1.29, 1.82) is 0 Å². The lowest BCUT2D eigenvalue weighted by Crippen LogP contribution is -2.09. The van der Waals surface area contributed by atoms with Crippen LogP contribution in [0.15, 0.2) is 48.5 Å². The van der Waals surface area contributed by atoms with E-state index in [0.717, 1.165) is 22.6 Å². The topological polar surface area (TPSA) is 36.9 Å². The van der Waals surface area contributed by atoms with Crippen LogP contribution in [-0.4, -0.2) is 20.3 Å². The summed E-state index contributed by atoms with van der Waals surface area (Å²) in [5.74, 6) is 1.66. The van der Waals surface area contributed by atoms with Gasteiger partial charge in [0.05, 0.1) is 20.3 Å². The minimum atomic E-state index is -0.354. The molecule has 4 nitrogen and oxygen atoms in total. The van der Waals surface area contributed by atoms with E-state index in [1.807, 2.05) is 55.5 Å². The fourth-order valence-electron chi connectivity index (χ4n) is 2.60. The number of hydrogen-bond donors (Lipinski definition) is 0. The maximum absolute atomic E-state index is 6.09. The van der Waals surface area contributed by atoms with Gasteiger partial charge in [0.1, 0.15) is 17.6 Å². The Balaban J connectivity index is 1.75. The predicted octanol–water partition coefficient (Wildman–Crippen LogP) is 3.88. The second kappa shape index (κ2) is 6.38. The van der Waals surface area contributed by atoms with Crippen LogP contribution in [0.4, 0.5) is 0 Å². The number of methoxy groups -OCH3 is 2. The SMILES string of the molecule is COc1ccc([C@H]2O[C@H](C)[C@H](c3ccc(OC)cc3)O2)cc1. The Bertz CT molecular complexity index is 606. The summed E-state index contributed by atoms with van der Waals surface area (Å²) in [6, 6.07) is 15.7. The molecule has 1 aliphatic rings. The van der Waals surface area contributed by atoms with Gasteiger partial charge in [-0.15, -0.1) is 0 Å². The zero-order valence-corrected chi connectivity index (χ0v) is 13.0. The molecule has 2 aromatic rings. The van der Waals surface area contributed by atoms with Crippen LogP contribution in [0.1, 0.15) is 30.4 Å². The van der Waals surface area contributed by atoms with Gasteiger partial charge >= 0.3 is 0 Å². The first-order valence-corrected chi connectivity index (χ1v) is 7.30. The Morgan fingerprint density at radius 2 is 1.23 bits per heavy atom. The zero-order valence-electron chi connectivity index (χ0n) is 13.0. The van der Waals surface area contributed by atoms with Gasteiger partial charge in [-0.2, -0.15) is 0 Å². The van der Waals surface area contributed by atoms with Crippen LogP contribution < -0.4 is 9.47 Å². The van der Waals surface area contributed by atoms with E-state index in [1.54, 1.807) is 14.2 Å². The average molecular weight is 300 g/mol. The van der Waals surface area contributed by atoms with Crippen molar-refractivity contribution in [3.8, 4) is 11.5 Å². The molecule has 0 saturated carbocycles. The molecule has 4 heteroatoms. The smallest absolute Gasteiger partial charge is 0.185 e. The van der Waals surface area contributed by atoms with Crippen LogP contribution in [0.2, 0.25) is 0 Å². The monoisotopic (exact) mass is 300 g/mol. The van der Waals surface area contributed by atoms with Gasteiger partial charge < -0.3 is 18.9 Å². The van der Waals surface area contributed by atoms with Gasteiger partial charge in [-0.3, -0.25) is 0 Å². The summed E-state index contributed by atoms with van der Waals surface area (Å²) in [5, 5.41) is 0.